The zero-order valence-corrected chi connectivity index (χ0v) is 20.2. The summed E-state index contributed by atoms with van der Waals surface area (Å²) in [4.78, 5) is 40.7. The minimum Gasteiger partial charge on any atom is -0.438 e. The molecule has 0 radical (unpaired) electrons. The first-order chi connectivity index (χ1) is 17.0. The van der Waals surface area contributed by atoms with Gasteiger partial charge >= 0.3 is 6.09 Å². The quantitative estimate of drug-likeness (QED) is 0.471. The average Bonchev–Trinajstić information content (AvgIpc) is 3.39. The molecule has 1 aromatic heterocycles. The number of anilines is 1. The van der Waals surface area contributed by atoms with Crippen molar-refractivity contribution in [3.8, 4) is 0 Å². The topological polar surface area (TPSA) is 87.7 Å². The van der Waals surface area contributed by atoms with Gasteiger partial charge < -0.3 is 15.4 Å². The summed E-state index contributed by atoms with van der Waals surface area (Å²) in [6.45, 7) is 2.89. The van der Waals surface area contributed by atoms with Crippen LogP contribution in [0.25, 0.3) is 0 Å². The smallest absolute Gasteiger partial charge is 0.411 e. The first-order valence-electron chi connectivity index (χ1n) is 11.7. The summed E-state index contributed by atoms with van der Waals surface area (Å²) in [5.74, 6) is 0.129. The van der Waals surface area contributed by atoms with Gasteiger partial charge in [0.15, 0.2) is 12.1 Å². The lowest BCUT2D eigenvalue weighted by molar-refractivity contribution is -0.126. The Morgan fingerprint density at radius 2 is 1.89 bits per heavy atom. The number of nitrogens with one attached hydrogen (secondary N) is 2. The van der Waals surface area contributed by atoms with Crippen LogP contribution in [0.5, 0.6) is 0 Å². The fraction of sp³-hybridized carbons (Fsp3) is 0.296. The number of carbonyl (C=O) groups excluding carboxylic acids is 3. The van der Waals surface area contributed by atoms with Crippen LogP contribution in [0.15, 0.2) is 66.0 Å². The summed E-state index contributed by atoms with van der Waals surface area (Å²) in [5, 5.41) is 7.73. The molecule has 1 aliphatic carbocycles. The van der Waals surface area contributed by atoms with E-state index in [-0.39, 0.29) is 18.4 Å². The number of ether oxygens (including phenoxy) is 1. The van der Waals surface area contributed by atoms with Crippen molar-refractivity contribution in [1.82, 2.24) is 10.2 Å². The van der Waals surface area contributed by atoms with Crippen LogP contribution in [0.2, 0.25) is 0 Å². The number of hydrogen-bond donors (Lipinski definition) is 2. The van der Waals surface area contributed by atoms with Crippen LogP contribution in [-0.4, -0.2) is 35.4 Å². The van der Waals surface area contributed by atoms with Crippen molar-refractivity contribution in [3.05, 3.63) is 87.6 Å². The van der Waals surface area contributed by atoms with Crippen LogP contribution in [0.4, 0.5) is 10.5 Å². The van der Waals surface area contributed by atoms with E-state index in [1.54, 1.807) is 30.3 Å². The van der Waals surface area contributed by atoms with Gasteiger partial charge in [-0.1, -0.05) is 48.0 Å². The standard InChI is InChI=1S/C27H27N3O4S/c1-17-4-2-5-19(14-17)16-30-23(26(32)28-15-18-7-8-18)24(34-27(30)33)20-9-11-21(12-10-20)29-25(31)22-6-3-13-35-22/h2-6,9-14,18,23-24H,7-8,15-16H2,1H3,(H,28,32)(H,29,31)/t23-,24+/m1/s1. The van der Waals surface area contributed by atoms with Gasteiger partial charge in [-0.2, -0.15) is 0 Å². The molecule has 7 nitrogen and oxygen atoms in total. The average molecular weight is 490 g/mol. The van der Waals surface area contributed by atoms with Gasteiger partial charge in [0.2, 0.25) is 5.91 Å². The fourth-order valence-electron chi connectivity index (χ4n) is 4.25. The van der Waals surface area contributed by atoms with Gasteiger partial charge in [0, 0.05) is 12.2 Å². The number of aryl methyl sites for hydroxylation is 1. The lowest BCUT2D eigenvalue weighted by Gasteiger charge is -2.24. The van der Waals surface area contributed by atoms with Gasteiger partial charge in [0.1, 0.15) is 0 Å². The molecule has 35 heavy (non-hydrogen) atoms. The van der Waals surface area contributed by atoms with E-state index in [0.29, 0.717) is 28.6 Å². The van der Waals surface area contributed by atoms with Gasteiger partial charge in [-0.15, -0.1) is 11.3 Å². The maximum atomic E-state index is 13.3. The number of carbonyl (C=O) groups is 3. The normalized spacial score (nSPS) is 19.3. The molecule has 0 bridgehead atoms. The number of cyclic esters (lactones) is 1. The van der Waals surface area contributed by atoms with Crippen LogP contribution in [-0.2, 0) is 16.1 Å². The van der Waals surface area contributed by atoms with Crippen molar-refractivity contribution in [2.75, 3.05) is 11.9 Å². The first kappa shape index (κ1) is 23.1. The highest BCUT2D eigenvalue weighted by molar-refractivity contribution is 7.12. The SMILES string of the molecule is Cc1cccc(CN2C(=O)O[C@@H](c3ccc(NC(=O)c4cccs4)cc3)[C@@H]2C(=O)NCC2CC2)c1. The highest BCUT2D eigenvalue weighted by Gasteiger charge is 2.47. The van der Waals surface area contributed by atoms with E-state index >= 15 is 0 Å². The summed E-state index contributed by atoms with van der Waals surface area (Å²) in [6, 6.07) is 17.8. The molecular formula is C27H27N3O4S. The molecule has 180 valence electrons. The highest BCUT2D eigenvalue weighted by atomic mass is 32.1. The zero-order valence-electron chi connectivity index (χ0n) is 19.4. The van der Waals surface area contributed by atoms with Gasteiger partial charge in [-0.3, -0.25) is 14.5 Å². The molecule has 1 saturated carbocycles. The Balaban J connectivity index is 1.36. The third-order valence-corrected chi connectivity index (χ3v) is 7.16. The summed E-state index contributed by atoms with van der Waals surface area (Å²) in [7, 11) is 0. The molecule has 8 heteroatoms. The van der Waals surface area contributed by atoms with Crippen molar-refractivity contribution in [2.45, 2.75) is 38.5 Å². The molecule has 1 aliphatic heterocycles. The van der Waals surface area contributed by atoms with E-state index in [9.17, 15) is 14.4 Å². The summed E-state index contributed by atoms with van der Waals surface area (Å²) < 4.78 is 5.74. The molecule has 3 amide bonds. The molecule has 2 fully saturated rings. The molecule has 2 heterocycles. The number of amides is 3. The van der Waals surface area contributed by atoms with Crippen molar-refractivity contribution in [1.29, 1.82) is 0 Å². The zero-order chi connectivity index (χ0) is 24.4. The second kappa shape index (κ2) is 9.92. The maximum absolute atomic E-state index is 13.3. The molecule has 2 atom stereocenters. The predicted molar refractivity (Wildman–Crippen MR) is 134 cm³/mol. The molecule has 5 rings (SSSR count). The van der Waals surface area contributed by atoms with Crippen molar-refractivity contribution in [2.24, 2.45) is 5.92 Å². The van der Waals surface area contributed by atoms with Crippen LogP contribution < -0.4 is 10.6 Å². The van der Waals surface area contributed by atoms with Crippen LogP contribution in [0.3, 0.4) is 0 Å². The minimum atomic E-state index is -0.784. The fourth-order valence-corrected chi connectivity index (χ4v) is 4.86. The number of benzene rings is 2. The van der Waals surface area contributed by atoms with E-state index in [1.165, 1.54) is 16.2 Å². The van der Waals surface area contributed by atoms with E-state index in [2.05, 4.69) is 10.6 Å². The number of rotatable bonds is 8. The van der Waals surface area contributed by atoms with Crippen molar-refractivity contribution in [3.63, 3.8) is 0 Å². The summed E-state index contributed by atoms with van der Waals surface area (Å²) >= 11 is 1.37. The summed E-state index contributed by atoms with van der Waals surface area (Å²) in [5.41, 5.74) is 3.35. The molecule has 2 aliphatic rings. The van der Waals surface area contributed by atoms with E-state index in [0.717, 1.165) is 24.0 Å². The summed E-state index contributed by atoms with van der Waals surface area (Å²) in [6.07, 6.45) is 0.983. The van der Waals surface area contributed by atoms with E-state index in [1.807, 2.05) is 42.6 Å². The molecule has 1 saturated heterocycles. The monoisotopic (exact) mass is 489 g/mol. The second-order valence-electron chi connectivity index (χ2n) is 9.11. The number of hydrogen-bond acceptors (Lipinski definition) is 5. The second-order valence-corrected chi connectivity index (χ2v) is 10.1. The Morgan fingerprint density at radius 3 is 2.57 bits per heavy atom. The van der Waals surface area contributed by atoms with Gasteiger partial charge in [-0.25, -0.2) is 4.79 Å². The van der Waals surface area contributed by atoms with Crippen LogP contribution in [0.1, 0.15) is 45.3 Å². The predicted octanol–water partition coefficient (Wildman–Crippen LogP) is 4.90. The molecule has 3 aromatic rings. The Morgan fingerprint density at radius 1 is 1.09 bits per heavy atom. The first-order valence-corrected chi connectivity index (χ1v) is 12.6. The molecular weight excluding hydrogens is 462 g/mol. The molecule has 2 aromatic carbocycles. The van der Waals surface area contributed by atoms with Crippen LogP contribution in [0, 0.1) is 12.8 Å². The van der Waals surface area contributed by atoms with E-state index < -0.39 is 18.2 Å². The Hall–Kier alpha value is -3.65. The van der Waals surface area contributed by atoms with Crippen molar-refractivity contribution < 1.29 is 19.1 Å². The highest BCUT2D eigenvalue weighted by Crippen LogP contribution is 2.35. The van der Waals surface area contributed by atoms with Gasteiger partial charge in [0.05, 0.1) is 11.4 Å². The minimum absolute atomic E-state index is 0.179. The number of thiophene rings is 1. The third kappa shape index (κ3) is 5.38. The molecule has 0 unspecified atom stereocenters. The lowest BCUT2D eigenvalue weighted by atomic mass is 10.00. The number of nitrogens with zero attached hydrogens (tertiary/aromatic N) is 1. The van der Waals surface area contributed by atoms with Gasteiger partial charge in [-0.05, 0) is 60.4 Å². The van der Waals surface area contributed by atoms with E-state index in [4.69, 9.17) is 4.74 Å². The van der Waals surface area contributed by atoms with Crippen molar-refractivity contribution >= 4 is 34.9 Å². The Kier molecular flexibility index (Phi) is 6.55. The Labute approximate surface area is 208 Å². The largest absolute Gasteiger partial charge is 0.438 e. The maximum Gasteiger partial charge on any atom is 0.411 e. The van der Waals surface area contributed by atoms with Crippen LogP contribution >= 0.6 is 11.3 Å². The third-order valence-electron chi connectivity index (χ3n) is 6.29. The van der Waals surface area contributed by atoms with Gasteiger partial charge in [0.25, 0.3) is 5.91 Å². The molecule has 0 spiro atoms. The lowest BCUT2D eigenvalue weighted by Crippen LogP contribution is -2.46. The molecule has 2 N–H and O–H groups in total. The Bertz CT molecular complexity index is 1220.